The number of amides is 1. The molecule has 3 heteroatoms. The summed E-state index contributed by atoms with van der Waals surface area (Å²) in [7, 11) is 0. The summed E-state index contributed by atoms with van der Waals surface area (Å²) in [5.41, 5.74) is 6.23. The summed E-state index contributed by atoms with van der Waals surface area (Å²) < 4.78 is 0. The zero-order valence-electron chi connectivity index (χ0n) is 8.75. The van der Waals surface area contributed by atoms with Crippen molar-refractivity contribution in [1.29, 1.82) is 0 Å². The summed E-state index contributed by atoms with van der Waals surface area (Å²) in [5, 5.41) is 0. The van der Waals surface area contributed by atoms with Gasteiger partial charge < -0.3 is 5.73 Å². The molecule has 1 aliphatic carbocycles. The maximum atomic E-state index is 11.6. The number of Topliss-reactive ketones (excluding diaryl/α,β-unsaturated/α-hetero) is 1. The summed E-state index contributed by atoms with van der Waals surface area (Å²) in [6.45, 7) is 7.51. The minimum Gasteiger partial charge on any atom is -0.369 e. The number of carbonyl (C=O) groups excluding carboxylic acids is 2. The van der Waals surface area contributed by atoms with E-state index in [1.165, 1.54) is 0 Å². The Bertz CT molecular complexity index is 283. The monoisotopic (exact) mass is 195 g/mol. The van der Waals surface area contributed by atoms with Crippen molar-refractivity contribution >= 4 is 11.7 Å². The molecule has 0 aromatic carbocycles. The molecule has 0 bridgehead atoms. The average molecular weight is 195 g/mol. The molecule has 0 saturated heterocycles. The first-order valence-corrected chi connectivity index (χ1v) is 4.91. The van der Waals surface area contributed by atoms with E-state index < -0.39 is 0 Å². The van der Waals surface area contributed by atoms with Crippen LogP contribution in [-0.2, 0) is 9.59 Å². The summed E-state index contributed by atoms with van der Waals surface area (Å²) >= 11 is 0. The Labute approximate surface area is 84.4 Å². The van der Waals surface area contributed by atoms with E-state index in [0.29, 0.717) is 12.8 Å². The van der Waals surface area contributed by atoms with E-state index in [-0.39, 0.29) is 29.4 Å². The molecule has 1 saturated carbocycles. The van der Waals surface area contributed by atoms with Crippen molar-refractivity contribution in [2.24, 2.45) is 23.5 Å². The normalized spacial score (nSPS) is 32.7. The van der Waals surface area contributed by atoms with Crippen LogP contribution in [-0.4, -0.2) is 11.7 Å². The fraction of sp³-hybridized carbons (Fsp3) is 0.636. The molecule has 0 spiro atoms. The highest BCUT2D eigenvalue weighted by Gasteiger charge is 2.36. The number of hydrogen-bond donors (Lipinski definition) is 1. The van der Waals surface area contributed by atoms with Gasteiger partial charge in [-0.25, -0.2) is 0 Å². The van der Waals surface area contributed by atoms with Crippen LogP contribution in [0, 0.1) is 17.8 Å². The number of hydrogen-bond acceptors (Lipinski definition) is 2. The largest absolute Gasteiger partial charge is 0.369 e. The molecular formula is C11H17NO2. The van der Waals surface area contributed by atoms with Crippen LogP contribution >= 0.6 is 0 Å². The minimum absolute atomic E-state index is 0.132. The molecule has 3 atom stereocenters. The van der Waals surface area contributed by atoms with Gasteiger partial charge in [0.15, 0.2) is 0 Å². The van der Waals surface area contributed by atoms with Gasteiger partial charge in [-0.05, 0) is 19.3 Å². The highest BCUT2D eigenvalue weighted by Crippen LogP contribution is 2.34. The lowest BCUT2D eigenvalue weighted by molar-refractivity contribution is -0.135. The number of nitrogens with two attached hydrogens (primary N) is 1. The second-order valence-corrected chi connectivity index (χ2v) is 4.25. The van der Waals surface area contributed by atoms with Gasteiger partial charge in [-0.15, -0.1) is 0 Å². The van der Waals surface area contributed by atoms with Gasteiger partial charge in [-0.2, -0.15) is 0 Å². The molecule has 0 unspecified atom stereocenters. The van der Waals surface area contributed by atoms with Crippen molar-refractivity contribution in [1.82, 2.24) is 0 Å². The lowest BCUT2D eigenvalue weighted by Crippen LogP contribution is -2.39. The highest BCUT2D eigenvalue weighted by atomic mass is 16.1. The van der Waals surface area contributed by atoms with Gasteiger partial charge in [0.2, 0.25) is 5.91 Å². The van der Waals surface area contributed by atoms with E-state index >= 15 is 0 Å². The van der Waals surface area contributed by atoms with Crippen molar-refractivity contribution in [3.05, 3.63) is 12.2 Å². The molecule has 0 aromatic rings. The summed E-state index contributed by atoms with van der Waals surface area (Å²) in [5.74, 6) is -0.623. The average Bonchev–Trinajstić information content (AvgIpc) is 2.08. The van der Waals surface area contributed by atoms with Crippen LogP contribution in [0.25, 0.3) is 0 Å². The Balaban J connectivity index is 2.81. The van der Waals surface area contributed by atoms with E-state index in [4.69, 9.17) is 5.73 Å². The van der Waals surface area contributed by atoms with Gasteiger partial charge in [0.05, 0.1) is 0 Å². The third-order valence-corrected chi connectivity index (χ3v) is 3.16. The van der Waals surface area contributed by atoms with Crippen LogP contribution in [0.5, 0.6) is 0 Å². The van der Waals surface area contributed by atoms with Gasteiger partial charge in [0.1, 0.15) is 5.78 Å². The number of carbonyl (C=O) groups is 2. The smallest absolute Gasteiger partial charge is 0.221 e. The quantitative estimate of drug-likeness (QED) is 0.675. The highest BCUT2D eigenvalue weighted by molar-refractivity contribution is 5.89. The fourth-order valence-electron chi connectivity index (χ4n) is 1.99. The molecule has 78 valence electrons. The second-order valence-electron chi connectivity index (χ2n) is 4.25. The molecule has 0 heterocycles. The first-order chi connectivity index (χ1) is 6.43. The number of allylic oxidation sites excluding steroid dienone is 1. The van der Waals surface area contributed by atoms with Crippen LogP contribution in [0.15, 0.2) is 12.2 Å². The molecule has 1 rings (SSSR count). The molecule has 1 aliphatic rings. The predicted octanol–water partition coefficient (Wildman–Crippen LogP) is 1.28. The van der Waals surface area contributed by atoms with Gasteiger partial charge >= 0.3 is 0 Å². The van der Waals surface area contributed by atoms with E-state index in [1.807, 2.05) is 6.92 Å². The van der Waals surface area contributed by atoms with E-state index in [2.05, 4.69) is 6.58 Å². The Morgan fingerprint density at radius 3 is 2.57 bits per heavy atom. The van der Waals surface area contributed by atoms with Crippen molar-refractivity contribution in [3.8, 4) is 0 Å². The topological polar surface area (TPSA) is 60.2 Å². The van der Waals surface area contributed by atoms with Crippen molar-refractivity contribution < 1.29 is 9.59 Å². The molecule has 1 amide bonds. The first-order valence-electron chi connectivity index (χ1n) is 4.91. The molecule has 1 fully saturated rings. The SMILES string of the molecule is C=C(C)[C@@H]1CC(=O)[C@@H](C)[C@@H](C(N)=O)C1. The molecule has 0 aromatic heterocycles. The Kier molecular flexibility index (Phi) is 3.09. The number of rotatable bonds is 2. The standard InChI is InChI=1S/C11H17NO2/c1-6(2)8-4-9(11(12)14)7(3)10(13)5-8/h7-9H,1,4-5H2,2-3H3,(H2,12,14)/t7-,8-,9-/m0/s1. The van der Waals surface area contributed by atoms with Crippen molar-refractivity contribution in [3.63, 3.8) is 0 Å². The van der Waals surface area contributed by atoms with Gasteiger partial charge in [0.25, 0.3) is 0 Å². The van der Waals surface area contributed by atoms with Gasteiger partial charge in [0, 0.05) is 18.3 Å². The third-order valence-electron chi connectivity index (χ3n) is 3.16. The zero-order chi connectivity index (χ0) is 10.9. The van der Waals surface area contributed by atoms with Crippen molar-refractivity contribution in [2.75, 3.05) is 0 Å². The number of primary amides is 1. The molecule has 14 heavy (non-hydrogen) atoms. The molecule has 2 N–H and O–H groups in total. The van der Waals surface area contributed by atoms with E-state index in [0.717, 1.165) is 5.57 Å². The van der Waals surface area contributed by atoms with Crippen LogP contribution < -0.4 is 5.73 Å². The maximum absolute atomic E-state index is 11.6. The summed E-state index contributed by atoms with van der Waals surface area (Å²) in [4.78, 5) is 22.7. The Morgan fingerprint density at radius 1 is 1.57 bits per heavy atom. The molecule has 0 radical (unpaired) electrons. The predicted molar refractivity (Wildman–Crippen MR) is 54.4 cm³/mol. The molecule has 0 aliphatic heterocycles. The Hall–Kier alpha value is -1.12. The molecular weight excluding hydrogens is 178 g/mol. The van der Waals surface area contributed by atoms with E-state index in [1.54, 1.807) is 6.92 Å². The lowest BCUT2D eigenvalue weighted by atomic mass is 9.72. The molecule has 3 nitrogen and oxygen atoms in total. The minimum atomic E-state index is -0.364. The summed E-state index contributed by atoms with van der Waals surface area (Å²) in [6.07, 6.45) is 1.19. The second kappa shape index (κ2) is 3.95. The number of ketones is 1. The summed E-state index contributed by atoms with van der Waals surface area (Å²) in [6, 6.07) is 0. The van der Waals surface area contributed by atoms with Crippen LogP contribution in [0.3, 0.4) is 0 Å². The van der Waals surface area contributed by atoms with Crippen LogP contribution in [0.2, 0.25) is 0 Å². The zero-order valence-corrected chi connectivity index (χ0v) is 8.75. The third kappa shape index (κ3) is 2.03. The Morgan fingerprint density at radius 2 is 2.14 bits per heavy atom. The lowest BCUT2D eigenvalue weighted by Gasteiger charge is -2.31. The van der Waals surface area contributed by atoms with Crippen LogP contribution in [0.1, 0.15) is 26.7 Å². The first kappa shape index (κ1) is 11.0. The fourth-order valence-corrected chi connectivity index (χ4v) is 1.99. The van der Waals surface area contributed by atoms with Gasteiger partial charge in [-0.1, -0.05) is 19.1 Å². The van der Waals surface area contributed by atoms with Crippen molar-refractivity contribution in [2.45, 2.75) is 26.7 Å². The van der Waals surface area contributed by atoms with Gasteiger partial charge in [-0.3, -0.25) is 9.59 Å². The maximum Gasteiger partial charge on any atom is 0.221 e. The van der Waals surface area contributed by atoms with Crippen LogP contribution in [0.4, 0.5) is 0 Å². The van der Waals surface area contributed by atoms with E-state index in [9.17, 15) is 9.59 Å².